The SMILES string of the molecule is Cc1nc(CCN2C(=O)c3ccccc3C2=O)sc1C. The van der Waals surface area contributed by atoms with E-state index >= 15 is 0 Å². The van der Waals surface area contributed by atoms with Gasteiger partial charge in [-0.2, -0.15) is 0 Å². The van der Waals surface area contributed by atoms with Crippen molar-refractivity contribution < 1.29 is 9.59 Å². The summed E-state index contributed by atoms with van der Waals surface area (Å²) in [6, 6.07) is 6.96. The number of aromatic nitrogens is 1. The minimum atomic E-state index is -0.199. The number of fused-ring (bicyclic) bond motifs is 1. The lowest BCUT2D eigenvalue weighted by atomic mass is 10.1. The molecule has 0 atom stereocenters. The van der Waals surface area contributed by atoms with E-state index in [4.69, 9.17) is 0 Å². The molecule has 2 aromatic rings. The van der Waals surface area contributed by atoms with Crippen LogP contribution in [-0.2, 0) is 6.42 Å². The summed E-state index contributed by atoms with van der Waals surface area (Å²) >= 11 is 1.62. The van der Waals surface area contributed by atoms with Crippen LogP contribution in [0.25, 0.3) is 0 Å². The fraction of sp³-hybridized carbons (Fsp3) is 0.267. The molecule has 2 amide bonds. The average Bonchev–Trinajstić information content (AvgIpc) is 2.88. The van der Waals surface area contributed by atoms with E-state index in [-0.39, 0.29) is 11.8 Å². The van der Waals surface area contributed by atoms with E-state index < -0.39 is 0 Å². The number of nitrogens with zero attached hydrogens (tertiary/aromatic N) is 2. The standard InChI is InChI=1S/C15H14N2O2S/c1-9-10(2)20-13(16-9)7-8-17-14(18)11-5-3-4-6-12(11)15(17)19/h3-6H,7-8H2,1-2H3. The van der Waals surface area contributed by atoms with E-state index in [2.05, 4.69) is 4.98 Å². The fourth-order valence-corrected chi connectivity index (χ4v) is 3.22. The minimum absolute atomic E-state index is 0.199. The van der Waals surface area contributed by atoms with Gasteiger partial charge in [0.1, 0.15) is 0 Å². The Morgan fingerprint density at radius 3 is 2.20 bits per heavy atom. The summed E-state index contributed by atoms with van der Waals surface area (Å²) in [5.41, 5.74) is 2.03. The Morgan fingerprint density at radius 2 is 1.70 bits per heavy atom. The van der Waals surface area contributed by atoms with Crippen LogP contribution in [0.4, 0.5) is 0 Å². The first-order chi connectivity index (χ1) is 9.58. The largest absolute Gasteiger partial charge is 0.274 e. The number of aryl methyl sites for hydroxylation is 2. The highest BCUT2D eigenvalue weighted by atomic mass is 32.1. The minimum Gasteiger partial charge on any atom is -0.274 e. The smallest absolute Gasteiger partial charge is 0.261 e. The van der Waals surface area contributed by atoms with Crippen molar-refractivity contribution in [2.24, 2.45) is 0 Å². The number of hydrogen-bond donors (Lipinski definition) is 0. The molecule has 0 fully saturated rings. The zero-order chi connectivity index (χ0) is 14.3. The number of thiazole rings is 1. The van der Waals surface area contributed by atoms with Crippen LogP contribution in [0.5, 0.6) is 0 Å². The summed E-state index contributed by atoms with van der Waals surface area (Å²) in [7, 11) is 0. The molecule has 2 heterocycles. The normalized spacial score (nSPS) is 14.0. The van der Waals surface area contributed by atoms with Crippen molar-refractivity contribution in [3.05, 3.63) is 51.0 Å². The van der Waals surface area contributed by atoms with Crippen molar-refractivity contribution in [3.8, 4) is 0 Å². The van der Waals surface area contributed by atoms with Crippen molar-refractivity contribution in [2.45, 2.75) is 20.3 Å². The van der Waals surface area contributed by atoms with Crippen LogP contribution in [0.1, 0.15) is 36.3 Å². The predicted octanol–water partition coefficient (Wildman–Crippen LogP) is 2.60. The van der Waals surface area contributed by atoms with Gasteiger partial charge in [-0.3, -0.25) is 14.5 Å². The molecule has 5 heteroatoms. The summed E-state index contributed by atoms with van der Waals surface area (Å²) in [6.07, 6.45) is 0.616. The molecule has 1 aliphatic heterocycles. The number of carbonyl (C=O) groups is 2. The van der Waals surface area contributed by atoms with Gasteiger partial charge in [0, 0.05) is 17.8 Å². The molecular formula is C15H14N2O2S. The van der Waals surface area contributed by atoms with Crippen molar-refractivity contribution in [1.82, 2.24) is 9.88 Å². The molecular weight excluding hydrogens is 272 g/mol. The zero-order valence-corrected chi connectivity index (χ0v) is 12.2. The Kier molecular flexibility index (Phi) is 3.14. The molecule has 20 heavy (non-hydrogen) atoms. The number of benzene rings is 1. The van der Waals surface area contributed by atoms with Gasteiger partial charge in [0.15, 0.2) is 0 Å². The Balaban J connectivity index is 1.77. The molecule has 0 unspecified atom stereocenters. The quantitative estimate of drug-likeness (QED) is 0.815. The highest BCUT2D eigenvalue weighted by Gasteiger charge is 2.34. The lowest BCUT2D eigenvalue weighted by molar-refractivity contribution is 0.0656. The van der Waals surface area contributed by atoms with E-state index in [0.717, 1.165) is 10.7 Å². The third-order valence-electron chi connectivity index (χ3n) is 3.50. The summed E-state index contributed by atoms with van der Waals surface area (Å²) in [5.74, 6) is -0.397. The van der Waals surface area contributed by atoms with E-state index in [9.17, 15) is 9.59 Å². The molecule has 0 bridgehead atoms. The lowest BCUT2D eigenvalue weighted by Crippen LogP contribution is -2.31. The van der Waals surface area contributed by atoms with Gasteiger partial charge in [0.2, 0.25) is 0 Å². The van der Waals surface area contributed by atoms with E-state index in [1.54, 1.807) is 35.6 Å². The Labute approximate surface area is 121 Å². The van der Waals surface area contributed by atoms with Crippen LogP contribution >= 0.6 is 11.3 Å². The Hall–Kier alpha value is -2.01. The van der Waals surface area contributed by atoms with Crippen LogP contribution in [0.15, 0.2) is 24.3 Å². The van der Waals surface area contributed by atoms with Gasteiger partial charge in [0.05, 0.1) is 21.8 Å². The maximum Gasteiger partial charge on any atom is 0.261 e. The number of rotatable bonds is 3. The molecule has 1 aromatic carbocycles. The maximum atomic E-state index is 12.2. The van der Waals surface area contributed by atoms with Crippen LogP contribution in [-0.4, -0.2) is 28.2 Å². The van der Waals surface area contributed by atoms with Gasteiger partial charge in [-0.1, -0.05) is 12.1 Å². The van der Waals surface area contributed by atoms with Crippen molar-refractivity contribution in [3.63, 3.8) is 0 Å². The number of hydrogen-bond acceptors (Lipinski definition) is 4. The first-order valence-electron chi connectivity index (χ1n) is 6.46. The van der Waals surface area contributed by atoms with Crippen molar-refractivity contribution in [2.75, 3.05) is 6.54 Å². The molecule has 4 nitrogen and oxygen atoms in total. The summed E-state index contributed by atoms with van der Waals surface area (Å²) in [5, 5.41) is 0.969. The van der Waals surface area contributed by atoms with E-state index in [1.807, 2.05) is 13.8 Å². The molecule has 3 rings (SSSR count). The number of carbonyl (C=O) groups excluding carboxylic acids is 2. The van der Waals surface area contributed by atoms with Gasteiger partial charge in [-0.05, 0) is 26.0 Å². The summed E-state index contributed by atoms with van der Waals surface area (Å²) < 4.78 is 0. The average molecular weight is 286 g/mol. The fourth-order valence-electron chi connectivity index (χ4n) is 2.30. The molecule has 0 saturated heterocycles. The van der Waals surface area contributed by atoms with Gasteiger partial charge in [-0.15, -0.1) is 11.3 Å². The Bertz CT molecular complexity index is 651. The summed E-state index contributed by atoms with van der Waals surface area (Å²) in [4.78, 5) is 31.3. The van der Waals surface area contributed by atoms with Gasteiger partial charge in [0.25, 0.3) is 11.8 Å². The summed E-state index contributed by atoms with van der Waals surface area (Å²) in [6.45, 7) is 4.38. The molecule has 0 aliphatic carbocycles. The third kappa shape index (κ3) is 2.04. The van der Waals surface area contributed by atoms with Crippen molar-refractivity contribution >= 4 is 23.2 Å². The molecule has 0 radical (unpaired) electrons. The van der Waals surface area contributed by atoms with Crippen LogP contribution in [0.2, 0.25) is 0 Å². The van der Waals surface area contributed by atoms with E-state index in [0.29, 0.717) is 24.1 Å². The second-order valence-corrected chi connectivity index (χ2v) is 6.09. The van der Waals surface area contributed by atoms with Crippen molar-refractivity contribution in [1.29, 1.82) is 0 Å². The highest BCUT2D eigenvalue weighted by Crippen LogP contribution is 2.23. The molecule has 0 N–H and O–H groups in total. The van der Waals surface area contributed by atoms with Gasteiger partial charge >= 0.3 is 0 Å². The number of amides is 2. The zero-order valence-electron chi connectivity index (χ0n) is 11.3. The maximum absolute atomic E-state index is 12.2. The molecule has 0 saturated carbocycles. The molecule has 0 spiro atoms. The highest BCUT2D eigenvalue weighted by molar-refractivity contribution is 7.11. The topological polar surface area (TPSA) is 50.3 Å². The van der Waals surface area contributed by atoms with Crippen LogP contribution in [0.3, 0.4) is 0 Å². The number of imide groups is 1. The monoisotopic (exact) mass is 286 g/mol. The first kappa shape index (κ1) is 13.0. The first-order valence-corrected chi connectivity index (χ1v) is 7.27. The molecule has 1 aliphatic rings. The van der Waals surface area contributed by atoms with Crippen LogP contribution in [0, 0.1) is 13.8 Å². The predicted molar refractivity (Wildman–Crippen MR) is 77.1 cm³/mol. The second kappa shape index (κ2) is 4.83. The Morgan fingerprint density at radius 1 is 1.10 bits per heavy atom. The third-order valence-corrected chi connectivity index (χ3v) is 4.63. The van der Waals surface area contributed by atoms with Crippen LogP contribution < -0.4 is 0 Å². The van der Waals surface area contributed by atoms with Gasteiger partial charge < -0.3 is 0 Å². The van der Waals surface area contributed by atoms with E-state index in [1.165, 1.54) is 9.78 Å². The second-order valence-electron chi connectivity index (χ2n) is 4.81. The van der Waals surface area contributed by atoms with Gasteiger partial charge in [-0.25, -0.2) is 4.98 Å². The molecule has 1 aromatic heterocycles. The molecule has 102 valence electrons. The lowest BCUT2D eigenvalue weighted by Gasteiger charge is -2.12.